The smallest absolute Gasteiger partial charge is 0.304 e. The van der Waals surface area contributed by atoms with Gasteiger partial charge >= 0.3 is 5.97 Å². The van der Waals surface area contributed by atoms with Crippen molar-refractivity contribution in [2.75, 3.05) is 11.4 Å². The molecule has 0 unspecified atom stereocenters. The lowest BCUT2D eigenvalue weighted by Crippen LogP contribution is -2.40. The van der Waals surface area contributed by atoms with Gasteiger partial charge in [-0.3, -0.25) is 14.5 Å². The second-order valence-corrected chi connectivity index (χ2v) is 8.62. The summed E-state index contributed by atoms with van der Waals surface area (Å²) >= 11 is 7.66. The normalized spacial score (nSPS) is 19.1. The van der Waals surface area contributed by atoms with Crippen molar-refractivity contribution in [3.63, 3.8) is 0 Å². The van der Waals surface area contributed by atoms with E-state index in [1.807, 2.05) is 66.1 Å². The molecule has 1 N–H and O–H groups in total. The van der Waals surface area contributed by atoms with Crippen LogP contribution in [0.4, 0.5) is 5.13 Å². The Balaban J connectivity index is 1.70. The van der Waals surface area contributed by atoms with Crippen LogP contribution in [0.1, 0.15) is 24.3 Å². The fraction of sp³-hybridized carbons (Fsp3) is 0.208. The fourth-order valence-electron chi connectivity index (χ4n) is 3.89. The van der Waals surface area contributed by atoms with Gasteiger partial charge in [-0.1, -0.05) is 72.3 Å². The molecular formula is C24H21ClN2O3S. The fourth-order valence-corrected chi connectivity index (χ4v) is 4.96. The molecule has 0 fully saturated rings. The molecule has 1 aliphatic heterocycles. The van der Waals surface area contributed by atoms with Crippen LogP contribution in [0.2, 0.25) is 5.02 Å². The van der Waals surface area contributed by atoms with Gasteiger partial charge in [-0.25, -0.2) is 4.98 Å². The lowest BCUT2D eigenvalue weighted by molar-refractivity contribution is -0.141. The Morgan fingerprint density at radius 3 is 2.61 bits per heavy atom. The van der Waals surface area contributed by atoms with Crippen LogP contribution in [-0.4, -0.2) is 28.5 Å². The Labute approximate surface area is 189 Å². The maximum absolute atomic E-state index is 13.6. The molecular weight excluding hydrogens is 432 g/mol. The molecule has 2 atom stereocenters. The summed E-state index contributed by atoms with van der Waals surface area (Å²) in [6.07, 6.45) is 4.35. The van der Waals surface area contributed by atoms with E-state index in [4.69, 9.17) is 11.6 Å². The minimum Gasteiger partial charge on any atom is -0.481 e. The van der Waals surface area contributed by atoms with Gasteiger partial charge in [0.25, 0.3) is 0 Å². The molecule has 31 heavy (non-hydrogen) atoms. The second kappa shape index (κ2) is 9.45. The molecule has 4 rings (SSSR count). The summed E-state index contributed by atoms with van der Waals surface area (Å²) in [5.41, 5.74) is 2.45. The summed E-state index contributed by atoms with van der Waals surface area (Å²) in [4.78, 5) is 31.5. The number of halogens is 1. The molecule has 2 aromatic carbocycles. The molecule has 2 heterocycles. The zero-order valence-electron chi connectivity index (χ0n) is 16.6. The summed E-state index contributed by atoms with van der Waals surface area (Å²) < 4.78 is 0. The number of aliphatic carboxylic acids is 1. The number of hydrogen-bond donors (Lipinski definition) is 1. The number of allylic oxidation sites excluding steroid dienone is 1. The van der Waals surface area contributed by atoms with E-state index in [9.17, 15) is 14.7 Å². The number of amides is 1. The van der Waals surface area contributed by atoms with Crippen molar-refractivity contribution < 1.29 is 14.7 Å². The summed E-state index contributed by atoms with van der Waals surface area (Å²) in [5.74, 6) is -2.11. The molecule has 0 spiro atoms. The maximum atomic E-state index is 13.6. The summed E-state index contributed by atoms with van der Waals surface area (Å²) in [5, 5.41) is 12.5. The predicted octanol–water partition coefficient (Wildman–Crippen LogP) is 5.63. The van der Waals surface area contributed by atoms with Crippen LogP contribution in [0.5, 0.6) is 0 Å². The Kier molecular flexibility index (Phi) is 6.49. The molecule has 0 saturated heterocycles. The van der Waals surface area contributed by atoms with E-state index < -0.39 is 11.9 Å². The Bertz CT molecular complexity index is 1110. The van der Waals surface area contributed by atoms with Crippen LogP contribution in [0.15, 0.2) is 72.1 Å². The van der Waals surface area contributed by atoms with Gasteiger partial charge in [-0.05, 0) is 24.0 Å². The minimum absolute atomic E-state index is 0.216. The highest BCUT2D eigenvalue weighted by molar-refractivity contribution is 7.14. The second-order valence-electron chi connectivity index (χ2n) is 7.37. The monoisotopic (exact) mass is 452 g/mol. The van der Waals surface area contributed by atoms with E-state index in [1.165, 1.54) is 11.3 Å². The van der Waals surface area contributed by atoms with Gasteiger partial charge in [0.05, 0.1) is 18.0 Å². The van der Waals surface area contributed by atoms with Gasteiger partial charge in [0.2, 0.25) is 5.91 Å². The zero-order valence-corrected chi connectivity index (χ0v) is 18.2. The summed E-state index contributed by atoms with van der Waals surface area (Å²) in [6.45, 7) is 0.353. The standard InChI is InChI=1S/C24H21ClN2O3S/c25-20-12-5-4-11-18(20)21-15-31-24(26-21)27-13-7-6-10-17(16-8-2-1-3-9-16)19(23(27)30)14-22(28)29/h1-9,11-12,15,17,19H,10,13-14H2,(H,28,29)/t17-,19+/m1/s1. The largest absolute Gasteiger partial charge is 0.481 e. The lowest BCUT2D eigenvalue weighted by Gasteiger charge is -2.31. The first-order valence-electron chi connectivity index (χ1n) is 9.98. The van der Waals surface area contributed by atoms with Crippen LogP contribution in [-0.2, 0) is 9.59 Å². The molecule has 0 aliphatic carbocycles. The Morgan fingerprint density at radius 1 is 1.13 bits per heavy atom. The molecule has 1 amide bonds. The van der Waals surface area contributed by atoms with Crippen LogP contribution < -0.4 is 4.90 Å². The highest BCUT2D eigenvalue weighted by atomic mass is 35.5. The molecule has 7 heteroatoms. The number of hydrogen-bond acceptors (Lipinski definition) is 4. The SMILES string of the molecule is O=C(O)C[C@@H]1C(=O)N(c2nc(-c3ccccc3Cl)cs2)CC=CC[C@@H]1c1ccccc1. The maximum Gasteiger partial charge on any atom is 0.304 e. The van der Waals surface area contributed by atoms with E-state index in [0.717, 1.165) is 11.1 Å². The zero-order chi connectivity index (χ0) is 21.8. The quantitative estimate of drug-likeness (QED) is 0.509. The van der Waals surface area contributed by atoms with Crippen molar-refractivity contribution in [3.05, 3.63) is 82.7 Å². The summed E-state index contributed by atoms with van der Waals surface area (Å²) in [7, 11) is 0. The van der Waals surface area contributed by atoms with Gasteiger partial charge in [0, 0.05) is 22.5 Å². The van der Waals surface area contributed by atoms with Crippen molar-refractivity contribution in [2.24, 2.45) is 5.92 Å². The van der Waals surface area contributed by atoms with Crippen molar-refractivity contribution in [1.82, 2.24) is 4.98 Å². The molecule has 158 valence electrons. The van der Waals surface area contributed by atoms with Crippen LogP contribution >= 0.6 is 22.9 Å². The molecule has 0 bridgehead atoms. The Hall–Kier alpha value is -2.96. The van der Waals surface area contributed by atoms with Gasteiger partial charge in [0.1, 0.15) is 0 Å². The number of nitrogens with zero attached hydrogens (tertiary/aromatic N) is 2. The highest BCUT2D eigenvalue weighted by Crippen LogP contribution is 2.37. The number of carboxylic acid groups (broad SMARTS) is 1. The van der Waals surface area contributed by atoms with Crippen LogP contribution in [0.25, 0.3) is 11.3 Å². The number of carboxylic acids is 1. The highest BCUT2D eigenvalue weighted by Gasteiger charge is 2.36. The van der Waals surface area contributed by atoms with Gasteiger partial charge in [-0.15, -0.1) is 11.3 Å². The van der Waals surface area contributed by atoms with E-state index in [0.29, 0.717) is 28.8 Å². The van der Waals surface area contributed by atoms with Crippen molar-refractivity contribution in [1.29, 1.82) is 0 Å². The number of anilines is 1. The lowest BCUT2D eigenvalue weighted by atomic mass is 9.80. The van der Waals surface area contributed by atoms with E-state index in [2.05, 4.69) is 4.98 Å². The van der Waals surface area contributed by atoms with E-state index >= 15 is 0 Å². The minimum atomic E-state index is -0.986. The number of aromatic nitrogens is 1. The molecule has 1 aliphatic rings. The van der Waals surface area contributed by atoms with Gasteiger partial charge < -0.3 is 5.11 Å². The summed E-state index contributed by atoms with van der Waals surface area (Å²) in [6, 6.07) is 17.1. The predicted molar refractivity (Wildman–Crippen MR) is 124 cm³/mol. The number of benzene rings is 2. The topological polar surface area (TPSA) is 70.5 Å². The number of rotatable bonds is 5. The third-order valence-corrected chi connectivity index (χ3v) is 6.60. The van der Waals surface area contributed by atoms with E-state index in [-0.39, 0.29) is 18.2 Å². The van der Waals surface area contributed by atoms with Crippen molar-refractivity contribution in [3.8, 4) is 11.3 Å². The number of carbonyl (C=O) groups excluding carboxylic acids is 1. The third kappa shape index (κ3) is 4.70. The number of thiazole rings is 1. The Morgan fingerprint density at radius 2 is 1.87 bits per heavy atom. The third-order valence-electron chi connectivity index (χ3n) is 5.41. The van der Waals surface area contributed by atoms with Crippen molar-refractivity contribution >= 4 is 39.9 Å². The van der Waals surface area contributed by atoms with Gasteiger partial charge in [-0.2, -0.15) is 0 Å². The van der Waals surface area contributed by atoms with E-state index in [1.54, 1.807) is 11.0 Å². The van der Waals surface area contributed by atoms with Crippen molar-refractivity contribution in [2.45, 2.75) is 18.8 Å². The first kappa shape index (κ1) is 21.3. The molecule has 0 radical (unpaired) electrons. The number of carbonyl (C=O) groups is 2. The molecule has 1 aromatic heterocycles. The molecule has 5 nitrogen and oxygen atoms in total. The van der Waals surface area contributed by atoms with Crippen LogP contribution in [0, 0.1) is 5.92 Å². The average Bonchev–Trinajstić information content (AvgIpc) is 3.24. The first-order chi connectivity index (χ1) is 15.0. The average molecular weight is 453 g/mol. The molecule has 0 saturated carbocycles. The first-order valence-corrected chi connectivity index (χ1v) is 11.2. The van der Waals surface area contributed by atoms with Gasteiger partial charge in [0.15, 0.2) is 5.13 Å². The van der Waals surface area contributed by atoms with Crippen LogP contribution in [0.3, 0.4) is 0 Å². The molecule has 3 aromatic rings.